The first-order valence-electron chi connectivity index (χ1n) is 14.1. The second kappa shape index (κ2) is 13.0. The van der Waals surface area contributed by atoms with Crippen LogP contribution in [0.1, 0.15) is 68.8 Å². The van der Waals surface area contributed by atoms with Gasteiger partial charge in [-0.2, -0.15) is 9.78 Å². The van der Waals surface area contributed by atoms with Gasteiger partial charge >= 0.3 is 6.09 Å². The molecule has 1 aliphatic rings. The Kier molecular flexibility index (Phi) is 9.67. The molecule has 2 atom stereocenters. The predicted octanol–water partition coefficient (Wildman–Crippen LogP) is 8.27. The first-order chi connectivity index (χ1) is 19.0. The first kappa shape index (κ1) is 29.8. The number of hydrogen-bond acceptors (Lipinski definition) is 4. The Labute approximate surface area is 246 Å². The summed E-state index contributed by atoms with van der Waals surface area (Å²) < 4.78 is 7.02. The molecule has 1 heterocycles. The summed E-state index contributed by atoms with van der Waals surface area (Å²) in [7, 11) is 0. The van der Waals surface area contributed by atoms with Crippen molar-refractivity contribution in [2.45, 2.75) is 83.2 Å². The highest BCUT2D eigenvalue weighted by molar-refractivity contribution is 9.09. The van der Waals surface area contributed by atoms with Gasteiger partial charge in [-0.25, -0.2) is 4.79 Å². The summed E-state index contributed by atoms with van der Waals surface area (Å²) in [6.07, 6.45) is 8.47. The van der Waals surface area contributed by atoms with Crippen LogP contribution in [0.3, 0.4) is 0 Å². The number of aromatic nitrogens is 2. The number of ether oxygens (including phenoxy) is 1. The Morgan fingerprint density at radius 2 is 1.55 bits per heavy atom. The minimum Gasteiger partial charge on any atom is -0.444 e. The third-order valence-electron chi connectivity index (χ3n) is 7.22. The molecule has 1 fully saturated rings. The van der Waals surface area contributed by atoms with Crippen LogP contribution in [0.5, 0.6) is 0 Å². The van der Waals surface area contributed by atoms with Crippen molar-refractivity contribution in [3.63, 3.8) is 0 Å². The summed E-state index contributed by atoms with van der Waals surface area (Å²) in [4.78, 5) is 26.1. The van der Waals surface area contributed by atoms with Crippen molar-refractivity contribution in [2.24, 2.45) is 5.92 Å². The molecule has 0 bridgehead atoms. The maximum atomic E-state index is 13.6. The molecular formula is C33H40BrN3O3. The van der Waals surface area contributed by atoms with Gasteiger partial charge in [-0.3, -0.25) is 4.79 Å². The Hall–Kier alpha value is -3.19. The number of nitrogens with zero attached hydrogens (tertiary/aromatic N) is 2. The predicted molar refractivity (Wildman–Crippen MR) is 165 cm³/mol. The summed E-state index contributed by atoms with van der Waals surface area (Å²) in [5, 5.41) is 7.81. The average Bonchev–Trinajstić information content (AvgIpc) is 3.36. The van der Waals surface area contributed by atoms with E-state index in [0.717, 1.165) is 59.3 Å². The smallest absolute Gasteiger partial charge is 0.407 e. The van der Waals surface area contributed by atoms with E-state index >= 15 is 0 Å². The fourth-order valence-corrected chi connectivity index (χ4v) is 5.82. The third-order valence-corrected chi connectivity index (χ3v) is 8.09. The van der Waals surface area contributed by atoms with Gasteiger partial charge in [0.05, 0.1) is 22.3 Å². The SMILES string of the molecule is Cc1ccc(-c2cc(-c3ccc(C)cc3)n(C(=O)/C=C/[C@@H](Br)[C@H](NC(=O)OC(C)(C)C)C3CCCCC3)n2)cc1. The molecule has 1 amide bonds. The molecule has 0 spiro atoms. The van der Waals surface area contributed by atoms with E-state index in [0.29, 0.717) is 5.92 Å². The number of nitrogens with one attached hydrogen (secondary N) is 1. The number of halogens is 1. The topological polar surface area (TPSA) is 73.2 Å². The molecule has 212 valence electrons. The van der Waals surface area contributed by atoms with Gasteiger partial charge < -0.3 is 10.1 Å². The lowest BCUT2D eigenvalue weighted by Gasteiger charge is -2.33. The quantitative estimate of drug-likeness (QED) is 0.217. The second-order valence-corrected chi connectivity index (χ2v) is 12.8. The summed E-state index contributed by atoms with van der Waals surface area (Å²) in [6.45, 7) is 9.65. The molecule has 0 radical (unpaired) electrons. The Morgan fingerprint density at radius 1 is 0.975 bits per heavy atom. The van der Waals surface area contributed by atoms with Crippen molar-refractivity contribution in [1.82, 2.24) is 15.1 Å². The zero-order valence-corrected chi connectivity index (χ0v) is 25.7. The summed E-state index contributed by atoms with van der Waals surface area (Å²) in [5.41, 5.74) is 5.06. The van der Waals surface area contributed by atoms with Crippen molar-refractivity contribution in [1.29, 1.82) is 0 Å². The van der Waals surface area contributed by atoms with Crippen molar-refractivity contribution in [2.75, 3.05) is 0 Å². The first-order valence-corrected chi connectivity index (χ1v) is 15.0. The molecule has 7 heteroatoms. The average molecular weight is 607 g/mol. The van der Waals surface area contributed by atoms with Gasteiger partial charge in [-0.05, 0) is 59.4 Å². The van der Waals surface area contributed by atoms with Crippen LogP contribution < -0.4 is 5.32 Å². The molecule has 0 aliphatic heterocycles. The highest BCUT2D eigenvalue weighted by atomic mass is 79.9. The van der Waals surface area contributed by atoms with Crippen molar-refractivity contribution in [3.05, 3.63) is 77.9 Å². The van der Waals surface area contributed by atoms with Gasteiger partial charge in [0.2, 0.25) is 0 Å². The monoisotopic (exact) mass is 605 g/mol. The van der Waals surface area contributed by atoms with E-state index in [1.807, 2.05) is 95.3 Å². The highest BCUT2D eigenvalue weighted by Gasteiger charge is 2.31. The van der Waals surface area contributed by atoms with E-state index < -0.39 is 11.7 Å². The van der Waals surface area contributed by atoms with Gasteiger partial charge in [0.25, 0.3) is 5.91 Å². The maximum absolute atomic E-state index is 13.6. The molecule has 4 rings (SSSR count). The zero-order chi connectivity index (χ0) is 28.9. The molecule has 40 heavy (non-hydrogen) atoms. The number of aryl methyl sites for hydroxylation is 2. The van der Waals surface area contributed by atoms with Gasteiger partial charge in [0.15, 0.2) is 0 Å². The van der Waals surface area contributed by atoms with Crippen molar-refractivity contribution < 1.29 is 14.3 Å². The fourth-order valence-electron chi connectivity index (χ4n) is 5.10. The summed E-state index contributed by atoms with van der Waals surface area (Å²) in [6, 6.07) is 18.0. The standard InChI is InChI=1S/C33H40BrN3O3/c1-22-11-15-24(16-12-22)28-21-29(25-17-13-23(2)14-18-25)37(36-28)30(38)20-19-27(34)31(26-9-7-6-8-10-26)35-32(39)40-33(3,4)5/h11-21,26-27,31H,6-10H2,1-5H3,(H,35,39)/b20-19+/t27-,31-/m1/s1. The lowest BCUT2D eigenvalue weighted by atomic mass is 9.82. The van der Waals surface area contributed by atoms with E-state index in [9.17, 15) is 9.59 Å². The molecule has 6 nitrogen and oxygen atoms in total. The van der Waals surface area contributed by atoms with Crippen LogP contribution in [-0.4, -0.2) is 38.3 Å². The maximum Gasteiger partial charge on any atom is 0.407 e. The number of alkyl halides is 1. The molecule has 1 aromatic heterocycles. The lowest BCUT2D eigenvalue weighted by Crippen LogP contribution is -2.47. The minimum absolute atomic E-state index is 0.198. The largest absolute Gasteiger partial charge is 0.444 e. The Bertz CT molecular complexity index is 1330. The van der Waals surface area contributed by atoms with Gasteiger partial charge in [-0.15, -0.1) is 0 Å². The number of carbonyl (C=O) groups excluding carboxylic acids is 2. The van der Waals surface area contributed by atoms with Crippen LogP contribution in [0.25, 0.3) is 22.5 Å². The molecular weight excluding hydrogens is 566 g/mol. The Balaban J connectivity index is 1.61. The van der Waals surface area contributed by atoms with E-state index in [-0.39, 0.29) is 16.8 Å². The number of rotatable bonds is 7. The number of alkyl carbamates (subject to hydrolysis) is 1. The molecule has 0 unspecified atom stereocenters. The lowest BCUT2D eigenvalue weighted by molar-refractivity contribution is 0.0480. The van der Waals surface area contributed by atoms with Crippen LogP contribution >= 0.6 is 15.9 Å². The summed E-state index contributed by atoms with van der Waals surface area (Å²) >= 11 is 3.77. The number of hydrogen-bond donors (Lipinski definition) is 1. The van der Waals surface area contributed by atoms with E-state index in [2.05, 4.69) is 21.2 Å². The number of benzene rings is 2. The Morgan fingerprint density at radius 3 is 2.12 bits per heavy atom. The van der Waals surface area contributed by atoms with E-state index in [4.69, 9.17) is 9.84 Å². The van der Waals surface area contributed by atoms with Gasteiger partial charge in [0.1, 0.15) is 5.60 Å². The number of carbonyl (C=O) groups is 2. The summed E-state index contributed by atoms with van der Waals surface area (Å²) in [5.74, 6) is 0.0457. The second-order valence-electron chi connectivity index (χ2n) is 11.8. The van der Waals surface area contributed by atoms with Crippen LogP contribution in [-0.2, 0) is 4.74 Å². The van der Waals surface area contributed by atoms with Crippen LogP contribution in [0, 0.1) is 19.8 Å². The molecule has 1 aliphatic carbocycles. The third kappa shape index (κ3) is 7.94. The van der Waals surface area contributed by atoms with Gasteiger partial charge in [0, 0.05) is 17.2 Å². The molecule has 1 saturated carbocycles. The number of allylic oxidation sites excluding steroid dienone is 1. The van der Waals surface area contributed by atoms with Crippen molar-refractivity contribution >= 4 is 27.9 Å². The highest BCUT2D eigenvalue weighted by Crippen LogP contribution is 2.31. The van der Waals surface area contributed by atoms with Crippen LogP contribution in [0.2, 0.25) is 0 Å². The zero-order valence-electron chi connectivity index (χ0n) is 24.1. The molecule has 2 aromatic carbocycles. The minimum atomic E-state index is -0.587. The fraction of sp³-hybridized carbons (Fsp3) is 0.424. The van der Waals surface area contributed by atoms with Crippen LogP contribution in [0.15, 0.2) is 66.7 Å². The normalized spacial score (nSPS) is 16.1. The van der Waals surface area contributed by atoms with Gasteiger partial charge in [-0.1, -0.05) is 101 Å². The number of amides is 1. The van der Waals surface area contributed by atoms with E-state index in [1.54, 1.807) is 6.08 Å². The van der Waals surface area contributed by atoms with E-state index in [1.165, 1.54) is 11.1 Å². The molecule has 3 aromatic rings. The molecule has 0 saturated heterocycles. The van der Waals surface area contributed by atoms with Crippen molar-refractivity contribution in [3.8, 4) is 22.5 Å². The molecule has 1 N–H and O–H groups in total. The van der Waals surface area contributed by atoms with Crippen LogP contribution in [0.4, 0.5) is 4.79 Å².